The largest absolute Gasteiger partial charge is 0.481 e. The van der Waals surface area contributed by atoms with Gasteiger partial charge in [-0.2, -0.15) is 17.0 Å². The average molecular weight is 292 g/mol. The minimum absolute atomic E-state index is 0.0350. The van der Waals surface area contributed by atoms with Crippen LogP contribution in [0.5, 0.6) is 0 Å². The van der Waals surface area contributed by atoms with Gasteiger partial charge in [0, 0.05) is 26.2 Å². The Morgan fingerprint density at radius 1 is 1.42 bits per heavy atom. The summed E-state index contributed by atoms with van der Waals surface area (Å²) in [6.45, 7) is 4.51. The van der Waals surface area contributed by atoms with Crippen LogP contribution in [0.3, 0.4) is 0 Å². The molecule has 0 aromatic rings. The zero-order valence-corrected chi connectivity index (χ0v) is 12.7. The predicted octanol–water partition coefficient (Wildman–Crippen LogP) is 1.15. The Balaban J connectivity index is 2.67. The minimum Gasteiger partial charge on any atom is -0.481 e. The van der Waals surface area contributed by atoms with E-state index in [9.17, 15) is 13.2 Å². The lowest BCUT2D eigenvalue weighted by atomic mass is 9.99. The first kappa shape index (κ1) is 16.4. The number of rotatable bonds is 6. The number of aliphatic carboxylic acids is 1. The van der Waals surface area contributed by atoms with E-state index in [1.54, 1.807) is 7.05 Å². The Hall–Kier alpha value is -0.660. The third kappa shape index (κ3) is 3.90. The van der Waals surface area contributed by atoms with E-state index in [0.717, 1.165) is 12.8 Å². The molecule has 0 amide bonds. The molecule has 0 radical (unpaired) electrons. The third-order valence-corrected chi connectivity index (χ3v) is 5.93. The van der Waals surface area contributed by atoms with Crippen LogP contribution in [0.25, 0.3) is 0 Å². The summed E-state index contributed by atoms with van der Waals surface area (Å²) in [7, 11) is -1.86. The molecule has 7 heteroatoms. The second kappa shape index (κ2) is 6.67. The first-order chi connectivity index (χ1) is 8.80. The lowest BCUT2D eigenvalue weighted by Gasteiger charge is -2.34. The molecule has 0 aliphatic carbocycles. The van der Waals surface area contributed by atoms with E-state index in [4.69, 9.17) is 5.11 Å². The zero-order valence-electron chi connectivity index (χ0n) is 11.9. The lowest BCUT2D eigenvalue weighted by molar-refractivity contribution is -0.142. The van der Waals surface area contributed by atoms with Crippen molar-refractivity contribution in [1.82, 2.24) is 8.61 Å². The van der Waals surface area contributed by atoms with Crippen molar-refractivity contribution in [2.45, 2.75) is 45.6 Å². The summed E-state index contributed by atoms with van der Waals surface area (Å²) < 4.78 is 27.6. The maximum atomic E-state index is 12.4. The number of carbonyl (C=O) groups is 1. The van der Waals surface area contributed by atoms with Gasteiger partial charge in [0.15, 0.2) is 0 Å². The maximum absolute atomic E-state index is 12.4. The first-order valence-electron chi connectivity index (χ1n) is 6.76. The van der Waals surface area contributed by atoms with Crippen molar-refractivity contribution in [3.05, 3.63) is 0 Å². The number of nitrogens with zero attached hydrogens (tertiary/aromatic N) is 2. The molecule has 0 saturated carbocycles. The van der Waals surface area contributed by atoms with Crippen molar-refractivity contribution in [3.8, 4) is 0 Å². The topological polar surface area (TPSA) is 77.9 Å². The SMILES string of the molecule is CCCC(C)N(C)S(=O)(=O)N1CCC(C(=O)O)CC1. The van der Waals surface area contributed by atoms with Crippen molar-refractivity contribution in [1.29, 1.82) is 0 Å². The molecule has 0 aromatic carbocycles. The quantitative estimate of drug-likeness (QED) is 0.796. The minimum atomic E-state index is -3.46. The molecule has 1 atom stereocenters. The summed E-state index contributed by atoms with van der Waals surface area (Å²) >= 11 is 0. The Morgan fingerprint density at radius 3 is 2.37 bits per heavy atom. The van der Waals surface area contributed by atoms with E-state index < -0.39 is 22.1 Å². The molecule has 19 heavy (non-hydrogen) atoms. The van der Waals surface area contributed by atoms with Crippen LogP contribution in [0, 0.1) is 5.92 Å². The molecule has 1 fully saturated rings. The summed E-state index contributed by atoms with van der Waals surface area (Å²) in [5.74, 6) is -1.24. The van der Waals surface area contributed by atoms with Gasteiger partial charge < -0.3 is 5.11 Å². The molecule has 1 aliphatic rings. The van der Waals surface area contributed by atoms with Gasteiger partial charge in [-0.1, -0.05) is 13.3 Å². The molecule has 0 spiro atoms. The van der Waals surface area contributed by atoms with Gasteiger partial charge in [-0.3, -0.25) is 4.79 Å². The van der Waals surface area contributed by atoms with Crippen molar-refractivity contribution >= 4 is 16.2 Å². The van der Waals surface area contributed by atoms with Gasteiger partial charge in [0.05, 0.1) is 5.92 Å². The summed E-state index contributed by atoms with van der Waals surface area (Å²) in [5.41, 5.74) is 0. The Morgan fingerprint density at radius 2 is 1.95 bits per heavy atom. The fourth-order valence-electron chi connectivity index (χ4n) is 2.34. The number of carboxylic acids is 1. The van der Waals surface area contributed by atoms with Crippen molar-refractivity contribution in [3.63, 3.8) is 0 Å². The van der Waals surface area contributed by atoms with Crippen molar-refractivity contribution in [2.24, 2.45) is 5.92 Å². The number of hydrogen-bond acceptors (Lipinski definition) is 3. The Bertz CT molecular complexity index is 402. The van der Waals surface area contributed by atoms with Gasteiger partial charge in [0.25, 0.3) is 10.2 Å². The fourth-order valence-corrected chi connectivity index (χ4v) is 3.94. The van der Waals surface area contributed by atoms with Gasteiger partial charge in [-0.15, -0.1) is 0 Å². The standard InChI is InChI=1S/C12H24N2O4S/c1-4-5-10(2)13(3)19(17,18)14-8-6-11(7-9-14)12(15)16/h10-11H,4-9H2,1-3H3,(H,15,16). The number of hydrogen-bond donors (Lipinski definition) is 1. The van der Waals surface area contributed by atoms with Gasteiger partial charge in [0.1, 0.15) is 0 Å². The van der Waals surface area contributed by atoms with Crippen LogP contribution in [-0.4, -0.2) is 54.3 Å². The highest BCUT2D eigenvalue weighted by atomic mass is 32.2. The molecule has 1 aliphatic heterocycles. The van der Waals surface area contributed by atoms with E-state index in [-0.39, 0.29) is 6.04 Å². The van der Waals surface area contributed by atoms with E-state index in [2.05, 4.69) is 0 Å². The normalized spacial score (nSPS) is 20.6. The molecular formula is C12H24N2O4S. The van der Waals surface area contributed by atoms with Crippen LogP contribution in [0.1, 0.15) is 39.5 Å². The zero-order chi connectivity index (χ0) is 14.6. The van der Waals surface area contributed by atoms with E-state index >= 15 is 0 Å². The lowest BCUT2D eigenvalue weighted by Crippen LogP contribution is -2.49. The van der Waals surface area contributed by atoms with E-state index in [0.29, 0.717) is 25.9 Å². The van der Waals surface area contributed by atoms with Crippen LogP contribution in [0.4, 0.5) is 0 Å². The van der Waals surface area contributed by atoms with Crippen LogP contribution >= 0.6 is 0 Å². The molecule has 0 aromatic heterocycles. The molecule has 1 unspecified atom stereocenters. The molecule has 1 N–H and O–H groups in total. The highest BCUT2D eigenvalue weighted by molar-refractivity contribution is 7.86. The predicted molar refractivity (Wildman–Crippen MR) is 73.0 cm³/mol. The molecule has 0 bridgehead atoms. The smallest absolute Gasteiger partial charge is 0.306 e. The van der Waals surface area contributed by atoms with Crippen molar-refractivity contribution in [2.75, 3.05) is 20.1 Å². The maximum Gasteiger partial charge on any atom is 0.306 e. The van der Waals surface area contributed by atoms with Gasteiger partial charge in [-0.05, 0) is 26.2 Å². The van der Waals surface area contributed by atoms with Crippen LogP contribution in [0.15, 0.2) is 0 Å². The van der Waals surface area contributed by atoms with Crippen molar-refractivity contribution < 1.29 is 18.3 Å². The molecular weight excluding hydrogens is 268 g/mol. The Kier molecular flexibility index (Phi) is 5.76. The second-order valence-corrected chi connectivity index (χ2v) is 7.16. The van der Waals surface area contributed by atoms with Gasteiger partial charge in [-0.25, -0.2) is 0 Å². The van der Waals surface area contributed by atoms with Crippen LogP contribution in [-0.2, 0) is 15.0 Å². The monoisotopic (exact) mass is 292 g/mol. The molecule has 1 heterocycles. The second-order valence-electron chi connectivity index (χ2n) is 5.17. The summed E-state index contributed by atoms with van der Waals surface area (Å²) in [6.07, 6.45) is 2.54. The van der Waals surface area contributed by atoms with Crippen LogP contribution < -0.4 is 0 Å². The van der Waals surface area contributed by atoms with E-state index in [1.165, 1.54) is 8.61 Å². The van der Waals surface area contributed by atoms with Crippen LogP contribution in [0.2, 0.25) is 0 Å². The highest BCUT2D eigenvalue weighted by Gasteiger charge is 2.34. The van der Waals surface area contributed by atoms with E-state index in [1.807, 2.05) is 13.8 Å². The summed E-state index contributed by atoms with van der Waals surface area (Å²) in [5, 5.41) is 8.92. The van der Waals surface area contributed by atoms with Gasteiger partial charge in [0.2, 0.25) is 0 Å². The molecule has 1 saturated heterocycles. The Labute approximate surface area is 115 Å². The summed E-state index contributed by atoms with van der Waals surface area (Å²) in [4.78, 5) is 10.9. The third-order valence-electron chi connectivity index (χ3n) is 3.82. The first-order valence-corrected chi connectivity index (χ1v) is 8.16. The van der Waals surface area contributed by atoms with Gasteiger partial charge >= 0.3 is 5.97 Å². The molecule has 112 valence electrons. The average Bonchev–Trinajstić information content (AvgIpc) is 2.38. The highest BCUT2D eigenvalue weighted by Crippen LogP contribution is 2.22. The number of carboxylic acid groups (broad SMARTS) is 1. The molecule has 6 nitrogen and oxygen atoms in total. The fraction of sp³-hybridized carbons (Fsp3) is 0.917. The summed E-state index contributed by atoms with van der Waals surface area (Å²) in [6, 6.07) is -0.0350. The molecule has 1 rings (SSSR count). The number of piperidine rings is 1.